The summed E-state index contributed by atoms with van der Waals surface area (Å²) in [5.41, 5.74) is 1.18. The van der Waals surface area contributed by atoms with Gasteiger partial charge in [0.25, 0.3) is 5.91 Å². The zero-order valence-corrected chi connectivity index (χ0v) is 11.7. The number of pyridine rings is 1. The van der Waals surface area contributed by atoms with E-state index in [4.69, 9.17) is 0 Å². The van der Waals surface area contributed by atoms with Gasteiger partial charge < -0.3 is 15.6 Å². The van der Waals surface area contributed by atoms with Crippen molar-refractivity contribution >= 4 is 17.6 Å². The molecule has 2 aromatic rings. The number of carbonyl (C=O) groups is 2. The Morgan fingerprint density at radius 3 is 2.76 bits per heavy atom. The molecule has 0 bridgehead atoms. The zero-order chi connectivity index (χ0) is 15.1. The van der Waals surface area contributed by atoms with Crippen molar-refractivity contribution in [3.05, 3.63) is 42.1 Å². The molecule has 0 fully saturated rings. The van der Waals surface area contributed by atoms with Gasteiger partial charge in [0, 0.05) is 25.4 Å². The predicted molar refractivity (Wildman–Crippen MR) is 77.5 cm³/mol. The molecule has 0 atom stereocenters. The fraction of sp³-hybridized carbons (Fsp3) is 0.286. The molecular weight excluding hydrogens is 270 g/mol. The van der Waals surface area contributed by atoms with Crippen LogP contribution in [-0.4, -0.2) is 26.8 Å². The molecule has 2 heterocycles. The summed E-state index contributed by atoms with van der Waals surface area (Å²) in [6, 6.07) is 3.63. The van der Waals surface area contributed by atoms with Crippen LogP contribution in [0.1, 0.15) is 35.8 Å². The molecule has 0 saturated heterocycles. The number of amides is 2. The molecule has 110 valence electrons. The van der Waals surface area contributed by atoms with Crippen LogP contribution in [0.15, 0.2) is 30.9 Å². The Bertz CT molecular complexity index is 609. The highest BCUT2D eigenvalue weighted by atomic mass is 16.2. The Morgan fingerprint density at radius 2 is 2.05 bits per heavy atom. The van der Waals surface area contributed by atoms with Crippen LogP contribution in [0.5, 0.6) is 0 Å². The van der Waals surface area contributed by atoms with Crippen LogP contribution in [-0.2, 0) is 11.3 Å². The topological polar surface area (TPSA) is 99.8 Å². The molecule has 0 aliphatic carbocycles. The van der Waals surface area contributed by atoms with Gasteiger partial charge in [-0.1, -0.05) is 6.92 Å². The third kappa shape index (κ3) is 4.13. The molecule has 2 rings (SSSR count). The Labute approximate surface area is 122 Å². The second-order valence-electron chi connectivity index (χ2n) is 4.46. The smallest absolute Gasteiger partial charge is 0.271 e. The van der Waals surface area contributed by atoms with Crippen molar-refractivity contribution in [2.75, 3.05) is 5.32 Å². The first kappa shape index (κ1) is 14.7. The van der Waals surface area contributed by atoms with Crippen LogP contribution in [0, 0.1) is 0 Å². The van der Waals surface area contributed by atoms with E-state index in [9.17, 15) is 9.59 Å². The SMILES string of the molecule is CCCC(=O)Nc1nc[nH]c1C(=O)NCc1ccncc1. The lowest BCUT2D eigenvalue weighted by molar-refractivity contribution is -0.116. The summed E-state index contributed by atoms with van der Waals surface area (Å²) in [6.07, 6.45) is 5.83. The zero-order valence-electron chi connectivity index (χ0n) is 11.7. The maximum Gasteiger partial charge on any atom is 0.271 e. The van der Waals surface area contributed by atoms with Gasteiger partial charge in [0.05, 0.1) is 6.33 Å². The quantitative estimate of drug-likeness (QED) is 0.749. The van der Waals surface area contributed by atoms with Gasteiger partial charge in [-0.05, 0) is 24.1 Å². The third-order valence-electron chi connectivity index (χ3n) is 2.80. The van der Waals surface area contributed by atoms with Crippen LogP contribution in [0.2, 0.25) is 0 Å². The molecule has 3 N–H and O–H groups in total. The lowest BCUT2D eigenvalue weighted by Crippen LogP contribution is -2.25. The van der Waals surface area contributed by atoms with Crippen LogP contribution in [0.25, 0.3) is 0 Å². The summed E-state index contributed by atoms with van der Waals surface area (Å²) in [7, 11) is 0. The van der Waals surface area contributed by atoms with E-state index in [0.717, 1.165) is 12.0 Å². The Balaban J connectivity index is 1.96. The average molecular weight is 287 g/mol. The van der Waals surface area contributed by atoms with Gasteiger partial charge in [0.15, 0.2) is 5.82 Å². The van der Waals surface area contributed by atoms with Crippen molar-refractivity contribution in [3.63, 3.8) is 0 Å². The molecule has 0 aliphatic rings. The lowest BCUT2D eigenvalue weighted by atomic mass is 10.2. The highest BCUT2D eigenvalue weighted by Crippen LogP contribution is 2.10. The minimum absolute atomic E-state index is 0.159. The second kappa shape index (κ2) is 7.18. The molecule has 0 aromatic carbocycles. The van der Waals surface area contributed by atoms with Gasteiger partial charge in [0.1, 0.15) is 5.69 Å². The molecule has 21 heavy (non-hydrogen) atoms. The largest absolute Gasteiger partial charge is 0.347 e. The summed E-state index contributed by atoms with van der Waals surface area (Å²) in [6.45, 7) is 2.29. The van der Waals surface area contributed by atoms with Crippen molar-refractivity contribution in [1.82, 2.24) is 20.3 Å². The Morgan fingerprint density at radius 1 is 1.29 bits per heavy atom. The number of nitrogens with one attached hydrogen (secondary N) is 3. The van der Waals surface area contributed by atoms with Gasteiger partial charge in [0.2, 0.25) is 5.91 Å². The number of nitrogens with zero attached hydrogens (tertiary/aromatic N) is 2. The Hall–Kier alpha value is -2.70. The first-order valence-corrected chi connectivity index (χ1v) is 6.71. The number of anilines is 1. The van der Waals surface area contributed by atoms with Crippen LogP contribution >= 0.6 is 0 Å². The average Bonchev–Trinajstić information content (AvgIpc) is 2.94. The normalized spacial score (nSPS) is 10.1. The number of H-pyrrole nitrogens is 1. The van der Waals surface area contributed by atoms with E-state index in [-0.39, 0.29) is 23.3 Å². The molecule has 0 spiro atoms. The van der Waals surface area contributed by atoms with Crippen molar-refractivity contribution in [3.8, 4) is 0 Å². The third-order valence-corrected chi connectivity index (χ3v) is 2.80. The number of aromatic nitrogens is 3. The van der Waals surface area contributed by atoms with E-state index in [1.165, 1.54) is 6.33 Å². The number of imidazole rings is 1. The Kier molecular flexibility index (Phi) is 5.03. The lowest BCUT2D eigenvalue weighted by Gasteiger charge is -2.06. The van der Waals surface area contributed by atoms with Crippen molar-refractivity contribution in [2.45, 2.75) is 26.3 Å². The molecular formula is C14H17N5O2. The summed E-state index contributed by atoms with van der Waals surface area (Å²) in [5, 5.41) is 5.38. The molecule has 2 amide bonds. The predicted octanol–water partition coefficient (Wildman–Crippen LogP) is 1.47. The molecule has 0 aliphatic heterocycles. The monoisotopic (exact) mass is 287 g/mol. The first-order valence-electron chi connectivity index (χ1n) is 6.71. The first-order chi connectivity index (χ1) is 10.2. The highest BCUT2D eigenvalue weighted by Gasteiger charge is 2.15. The maximum absolute atomic E-state index is 12.1. The van der Waals surface area contributed by atoms with Crippen molar-refractivity contribution < 1.29 is 9.59 Å². The number of hydrogen-bond donors (Lipinski definition) is 3. The number of aromatic amines is 1. The molecule has 0 radical (unpaired) electrons. The van der Waals surface area contributed by atoms with Crippen molar-refractivity contribution in [1.29, 1.82) is 0 Å². The second-order valence-corrected chi connectivity index (χ2v) is 4.46. The minimum atomic E-state index is -0.323. The fourth-order valence-electron chi connectivity index (χ4n) is 1.76. The molecule has 2 aromatic heterocycles. The highest BCUT2D eigenvalue weighted by molar-refractivity contribution is 6.01. The van der Waals surface area contributed by atoms with Gasteiger partial charge in [-0.3, -0.25) is 14.6 Å². The fourth-order valence-corrected chi connectivity index (χ4v) is 1.76. The van der Waals surface area contributed by atoms with E-state index < -0.39 is 0 Å². The standard InChI is InChI=1S/C14H17N5O2/c1-2-3-11(20)19-13-12(17-9-18-13)14(21)16-8-10-4-6-15-7-5-10/h4-7,9H,2-3,8H2,1H3,(H,16,21)(H,17,18)(H,19,20). The van der Waals surface area contributed by atoms with Gasteiger partial charge >= 0.3 is 0 Å². The minimum Gasteiger partial charge on any atom is -0.347 e. The van der Waals surface area contributed by atoms with Gasteiger partial charge in [-0.25, -0.2) is 4.98 Å². The maximum atomic E-state index is 12.1. The number of hydrogen-bond acceptors (Lipinski definition) is 4. The summed E-state index contributed by atoms with van der Waals surface area (Å²) >= 11 is 0. The number of carbonyl (C=O) groups excluding carboxylic acids is 2. The van der Waals surface area contributed by atoms with E-state index in [2.05, 4.69) is 25.6 Å². The van der Waals surface area contributed by atoms with E-state index >= 15 is 0 Å². The van der Waals surface area contributed by atoms with Crippen LogP contribution in [0.3, 0.4) is 0 Å². The molecule has 0 unspecified atom stereocenters. The van der Waals surface area contributed by atoms with E-state index in [1.807, 2.05) is 19.1 Å². The molecule has 7 heteroatoms. The summed E-state index contributed by atoms with van der Waals surface area (Å²) in [5.74, 6) is -0.232. The number of rotatable bonds is 6. The van der Waals surface area contributed by atoms with Crippen LogP contribution < -0.4 is 10.6 Å². The van der Waals surface area contributed by atoms with Crippen molar-refractivity contribution in [2.24, 2.45) is 0 Å². The summed E-state index contributed by atoms with van der Waals surface area (Å²) in [4.78, 5) is 34.3. The molecule has 7 nitrogen and oxygen atoms in total. The molecule has 0 saturated carbocycles. The van der Waals surface area contributed by atoms with E-state index in [0.29, 0.717) is 13.0 Å². The van der Waals surface area contributed by atoms with Crippen LogP contribution in [0.4, 0.5) is 5.82 Å². The van der Waals surface area contributed by atoms with E-state index in [1.54, 1.807) is 12.4 Å². The summed E-state index contributed by atoms with van der Waals surface area (Å²) < 4.78 is 0. The van der Waals surface area contributed by atoms with Gasteiger partial charge in [-0.2, -0.15) is 0 Å². The van der Waals surface area contributed by atoms with Gasteiger partial charge in [-0.15, -0.1) is 0 Å².